The van der Waals surface area contributed by atoms with Crippen LogP contribution in [0, 0.1) is 209 Å². The van der Waals surface area contributed by atoms with E-state index in [1.54, 1.807) is 0 Å². The molecular weight excluding hydrogens is 1850 g/mol. The predicted molar refractivity (Wildman–Crippen MR) is 608 cm³/mol. The molecule has 0 aliphatic heterocycles. The zero-order chi connectivity index (χ0) is 103. The van der Waals surface area contributed by atoms with Crippen LogP contribution in [0.1, 0.15) is 395 Å². The van der Waals surface area contributed by atoms with Gasteiger partial charge in [-0.25, -0.2) is 0 Å². The summed E-state index contributed by atoms with van der Waals surface area (Å²) in [4.78, 5) is 53.7. The van der Waals surface area contributed by atoms with E-state index in [1.807, 2.05) is 97.1 Å². The highest BCUT2D eigenvalue weighted by atomic mass is 35.5. The van der Waals surface area contributed by atoms with Gasteiger partial charge in [-0.05, 0) is 460 Å². The minimum atomic E-state index is 0.119. The van der Waals surface area contributed by atoms with Gasteiger partial charge in [-0.3, -0.25) is 19.2 Å². The van der Waals surface area contributed by atoms with Gasteiger partial charge in [-0.1, -0.05) is 286 Å². The second-order valence-corrected chi connectivity index (χ2v) is 57.4. The van der Waals surface area contributed by atoms with Crippen LogP contribution < -0.4 is 21.3 Å². The van der Waals surface area contributed by atoms with E-state index in [0.717, 1.165) is 184 Å². The fourth-order valence-electron chi connectivity index (χ4n) is 38.3. The first kappa shape index (κ1) is 110. The Morgan fingerprint density at radius 1 is 0.236 bits per heavy atom. The van der Waals surface area contributed by atoms with Gasteiger partial charge in [0.25, 0.3) is 0 Å². The monoisotopic (exact) mass is 2040 g/mol. The van der Waals surface area contributed by atoms with Crippen molar-refractivity contribution < 1.29 is 19.2 Å². The third-order valence-electron chi connectivity index (χ3n) is 45.9. The van der Waals surface area contributed by atoms with Crippen molar-refractivity contribution in [1.82, 2.24) is 0 Å². The van der Waals surface area contributed by atoms with Crippen molar-refractivity contribution in [3.8, 4) is 0 Å². The van der Waals surface area contributed by atoms with Gasteiger partial charge in [0.15, 0.2) is 23.1 Å². The van der Waals surface area contributed by atoms with Gasteiger partial charge in [0, 0.05) is 68.5 Å². The smallest absolute Gasteiger partial charge is 0.179 e. The van der Waals surface area contributed by atoms with Gasteiger partial charge in [0.05, 0.1) is 22.8 Å². The van der Waals surface area contributed by atoms with Crippen LogP contribution >= 0.6 is 46.4 Å². The highest BCUT2D eigenvalue weighted by Gasteiger charge is 2.67. The minimum Gasteiger partial charge on any atom is -0.353 e. The molecule has 4 N–H and O–H groups in total. The maximum absolute atomic E-state index is 13.4. The lowest BCUT2D eigenvalue weighted by Crippen LogP contribution is -2.53. The molecule has 16 aliphatic carbocycles. The molecule has 8 nitrogen and oxygen atoms in total. The summed E-state index contributed by atoms with van der Waals surface area (Å²) in [6, 6.07) is 30.7. The number of halogens is 4. The number of allylic oxidation sites excluding steroid dienone is 8. The zero-order valence-corrected chi connectivity index (χ0v) is 96.2. The maximum atomic E-state index is 13.4. The fraction of sp³-hybridized carbons (Fsp3) is 0.727. The van der Waals surface area contributed by atoms with Crippen molar-refractivity contribution in [2.75, 3.05) is 21.3 Å². The third kappa shape index (κ3) is 22.5. The molecule has 792 valence electrons. The number of ketones is 4. The fourth-order valence-corrected chi connectivity index (χ4v) is 38.8. The minimum absolute atomic E-state index is 0.119. The number of rotatable bonds is 28. The van der Waals surface area contributed by atoms with Crippen molar-refractivity contribution in [2.45, 2.75) is 395 Å². The molecule has 0 spiro atoms. The van der Waals surface area contributed by atoms with Crippen LogP contribution in [0.25, 0.3) is 0 Å². The summed E-state index contributed by atoms with van der Waals surface area (Å²) in [6.07, 6.45) is 61.2. The molecule has 0 radical (unpaired) electrons. The Bertz CT molecular complexity index is 4570. The van der Waals surface area contributed by atoms with Crippen LogP contribution in [-0.4, -0.2) is 23.1 Å². The second kappa shape index (κ2) is 45.3. The van der Waals surface area contributed by atoms with E-state index < -0.39 is 0 Å². The first-order valence-corrected chi connectivity index (χ1v) is 61.1. The highest BCUT2D eigenvalue weighted by molar-refractivity contribution is 6.31. The number of hydrogen-bond donors (Lipinski definition) is 4. The normalized spacial score (nSPS) is 38.7. The molecule has 4 aromatic carbocycles. The Kier molecular flexibility index (Phi) is 34.6. The third-order valence-corrected chi connectivity index (χ3v) is 46.9. The van der Waals surface area contributed by atoms with Crippen molar-refractivity contribution in [2.24, 2.45) is 209 Å². The first-order valence-electron chi connectivity index (χ1n) is 59.6. The van der Waals surface area contributed by atoms with E-state index in [1.165, 1.54) is 231 Å². The predicted octanol–water partition coefficient (Wildman–Crippen LogP) is 38.2. The van der Waals surface area contributed by atoms with Gasteiger partial charge >= 0.3 is 0 Å². The van der Waals surface area contributed by atoms with Crippen molar-refractivity contribution >= 4 is 92.3 Å². The highest BCUT2D eigenvalue weighted by Crippen LogP contribution is 2.74. The Labute approximate surface area is 894 Å². The van der Waals surface area contributed by atoms with Crippen LogP contribution in [0.5, 0.6) is 0 Å². The van der Waals surface area contributed by atoms with E-state index in [-0.39, 0.29) is 21.7 Å². The lowest BCUT2D eigenvalue weighted by Gasteiger charge is -2.60. The number of benzene rings is 4. The summed E-state index contributed by atoms with van der Waals surface area (Å²) in [5, 5.41) is 16.6. The Balaban J connectivity index is 0.000000132. The van der Waals surface area contributed by atoms with Gasteiger partial charge in [-0.15, -0.1) is 0 Å². The van der Waals surface area contributed by atoms with Crippen molar-refractivity contribution in [3.05, 3.63) is 164 Å². The summed E-state index contributed by atoms with van der Waals surface area (Å²) >= 11 is 24.2. The summed E-state index contributed by atoms with van der Waals surface area (Å²) in [7, 11) is 0. The van der Waals surface area contributed by atoms with E-state index in [9.17, 15) is 19.2 Å². The van der Waals surface area contributed by atoms with Crippen molar-refractivity contribution in [3.63, 3.8) is 0 Å². The zero-order valence-electron chi connectivity index (χ0n) is 93.1. The number of carbonyl (C=O) groups is 4. The number of nitrogens with one attached hydrogen (secondary N) is 4. The van der Waals surface area contributed by atoms with Crippen LogP contribution in [-0.2, 0) is 19.2 Å². The quantitative estimate of drug-likeness (QED) is 0.0444. The number of fused-ring (bicyclic) bond motifs is 20. The Morgan fingerprint density at radius 3 is 0.597 bits per heavy atom. The van der Waals surface area contributed by atoms with E-state index in [4.69, 9.17) is 46.4 Å². The van der Waals surface area contributed by atoms with Crippen LogP contribution in [0.2, 0.25) is 20.1 Å². The number of hydrogen-bond acceptors (Lipinski definition) is 8. The maximum Gasteiger partial charge on any atom is 0.179 e. The number of carbonyl (C=O) groups excluding carboxylic acids is 4. The summed E-state index contributed by atoms with van der Waals surface area (Å²) < 4.78 is 0. The van der Waals surface area contributed by atoms with Crippen molar-refractivity contribution in [1.29, 1.82) is 0 Å². The molecule has 0 bridgehead atoms. The van der Waals surface area contributed by atoms with Crippen LogP contribution in [0.15, 0.2) is 144 Å². The molecular formula is C132H192Cl4N4O4. The van der Waals surface area contributed by atoms with E-state index in [0.29, 0.717) is 118 Å². The summed E-state index contributed by atoms with van der Waals surface area (Å²) in [6.45, 7) is 49.6. The SMILES string of the molecule is CC(C)CCC[C@@H](C)[C@H]1CC[C@H]2[C@@H]3CC[C@H]4C=C(Nc5ccc(Cl)cc5)C(=O)C[C@]4(C)[C@H]3CC[C@]12C.CC(C)CCC[C@@H](C)[C@H]1CC[C@H]2[C@@H]3CC[C@H]4C=C(Nc5ccc(Cl)cc5)C(=O)C[C@]4(C)[C@H]3CC[C@]12C.CC(C)CCC[C@@H](C)[C@H]1CC[C@H]2[C@@H]3CC[C@H]4C=C(Nc5ccc(Cl)cc5)C(=O)C[C@]4(C)[C@H]3CC[C@]12C.CC(C)CCC[C@@H](C)[C@H]1CC[C@H]2[C@@H]3CC[C@H]4C=C(Nc5ccc(Cl)cc5)C(=O)C[C@]4(C)[C@H]3CC[C@]12C. The molecule has 4 aromatic rings. The largest absolute Gasteiger partial charge is 0.353 e. The van der Waals surface area contributed by atoms with E-state index >= 15 is 0 Å². The molecule has 20 rings (SSSR count). The standard InChI is InChI=1S/4C33H48ClNO/c4*1-21(2)7-6-8-22(3)27-15-16-28-26-14-9-23-19-30(35-25-12-10-24(34)11-13-25)31(36)20-33(23,5)29(26)17-18-32(27,28)4/h4*10-13,19,21-23,26-29,35H,6-9,14-18,20H2,1-5H3/t4*22-,23+,26+,27-,28+,29+,32-,33+/m1111/s1. The molecule has 0 saturated heterocycles. The van der Waals surface area contributed by atoms with Gasteiger partial charge in [0.2, 0.25) is 0 Å². The van der Waals surface area contributed by atoms with Gasteiger partial charge < -0.3 is 21.3 Å². The molecule has 0 amide bonds. The first-order chi connectivity index (χ1) is 68.5. The molecule has 12 fully saturated rings. The van der Waals surface area contributed by atoms with E-state index in [2.05, 4.69) is 184 Å². The van der Waals surface area contributed by atoms with Gasteiger partial charge in [0.1, 0.15) is 0 Å². The van der Waals surface area contributed by atoms with Crippen LogP contribution in [0.3, 0.4) is 0 Å². The summed E-state index contributed by atoms with van der Waals surface area (Å²) in [5.74, 6) is 22.9. The molecule has 32 atom stereocenters. The topological polar surface area (TPSA) is 116 Å². The molecule has 16 aliphatic rings. The van der Waals surface area contributed by atoms with Gasteiger partial charge in [-0.2, -0.15) is 0 Å². The lowest BCUT2D eigenvalue weighted by atomic mass is 9.45. The molecule has 12 saturated carbocycles. The molecule has 12 heteroatoms. The molecule has 144 heavy (non-hydrogen) atoms. The Morgan fingerprint density at radius 2 is 0.417 bits per heavy atom. The summed E-state index contributed by atoms with van der Waals surface area (Å²) in [5.41, 5.74) is 9.52. The number of anilines is 4. The Hall–Kier alpha value is -5.12. The lowest BCUT2D eigenvalue weighted by molar-refractivity contribution is -0.130. The molecule has 0 unspecified atom stereocenters. The number of Topliss-reactive ketones (excluding diaryl/α,β-unsaturated/α-hetero) is 4. The average Bonchev–Trinajstić information content (AvgIpc) is 1.32. The van der Waals surface area contributed by atoms with Crippen LogP contribution in [0.4, 0.5) is 22.7 Å². The average molecular weight is 2040 g/mol. The molecule has 0 aromatic heterocycles. The second-order valence-electron chi connectivity index (χ2n) is 55.6. The molecule has 0 heterocycles.